The third-order valence-electron chi connectivity index (χ3n) is 3.05. The van der Waals surface area contributed by atoms with Crippen molar-refractivity contribution >= 4 is 6.09 Å². The number of carbonyl (C=O) groups is 1. The van der Waals surface area contributed by atoms with Crippen molar-refractivity contribution in [3.8, 4) is 0 Å². The van der Waals surface area contributed by atoms with Gasteiger partial charge in [0.1, 0.15) is 5.60 Å². The highest BCUT2D eigenvalue weighted by atomic mass is 16.6. The highest BCUT2D eigenvalue weighted by Gasteiger charge is 2.33. The fraction of sp³-hybridized carbons (Fsp3) is 0.692. The summed E-state index contributed by atoms with van der Waals surface area (Å²) in [5.74, 6) is 0. The number of hydrogen-bond acceptors (Lipinski definition) is 4. The highest BCUT2D eigenvalue weighted by molar-refractivity contribution is 5.68. The molecule has 0 saturated heterocycles. The SMILES string of the molecule is CC(C)(C)OC(=O)N[C@H]1C[C@H](n2cc(CO)cn2)C1. The number of aromatic nitrogens is 2. The van der Waals surface area contributed by atoms with Gasteiger partial charge in [-0.3, -0.25) is 4.68 Å². The van der Waals surface area contributed by atoms with Gasteiger partial charge in [-0.15, -0.1) is 0 Å². The van der Waals surface area contributed by atoms with Crippen LogP contribution in [-0.4, -0.2) is 32.6 Å². The first kappa shape index (κ1) is 13.9. The Morgan fingerprint density at radius 1 is 1.58 bits per heavy atom. The Hall–Kier alpha value is -1.56. The van der Waals surface area contributed by atoms with Gasteiger partial charge in [-0.25, -0.2) is 4.79 Å². The Kier molecular flexibility index (Phi) is 3.80. The van der Waals surface area contributed by atoms with E-state index < -0.39 is 5.60 Å². The summed E-state index contributed by atoms with van der Waals surface area (Å²) in [6.07, 6.45) is 4.81. The van der Waals surface area contributed by atoms with Gasteiger partial charge in [0.25, 0.3) is 0 Å². The first-order valence-corrected chi connectivity index (χ1v) is 6.51. The fourth-order valence-corrected chi connectivity index (χ4v) is 2.05. The van der Waals surface area contributed by atoms with Gasteiger partial charge in [0, 0.05) is 17.8 Å². The zero-order chi connectivity index (χ0) is 14.0. The first-order valence-electron chi connectivity index (χ1n) is 6.51. The predicted octanol–water partition coefficient (Wildman–Crippen LogP) is 1.60. The second-order valence-electron chi connectivity index (χ2n) is 5.96. The topological polar surface area (TPSA) is 76.4 Å². The Morgan fingerprint density at radius 2 is 2.26 bits per heavy atom. The molecular weight excluding hydrogens is 246 g/mol. The summed E-state index contributed by atoms with van der Waals surface area (Å²) in [5, 5.41) is 16.0. The van der Waals surface area contributed by atoms with Gasteiger partial charge in [-0.2, -0.15) is 5.10 Å². The normalized spacial score (nSPS) is 22.7. The van der Waals surface area contributed by atoms with Gasteiger partial charge in [0.2, 0.25) is 0 Å². The van der Waals surface area contributed by atoms with Crippen LogP contribution in [0.15, 0.2) is 12.4 Å². The standard InChI is InChI=1S/C13H21N3O3/c1-13(2,3)19-12(18)15-10-4-11(5-10)16-7-9(8-17)6-14-16/h6-7,10-11,17H,4-5,8H2,1-3H3,(H,15,18)/t10-,11-. The zero-order valence-corrected chi connectivity index (χ0v) is 11.6. The van der Waals surface area contributed by atoms with Crippen LogP contribution in [0.3, 0.4) is 0 Å². The van der Waals surface area contributed by atoms with Gasteiger partial charge in [0.05, 0.1) is 18.8 Å². The van der Waals surface area contributed by atoms with Crippen molar-refractivity contribution < 1.29 is 14.6 Å². The minimum atomic E-state index is -0.467. The van der Waals surface area contributed by atoms with Crippen LogP contribution < -0.4 is 5.32 Å². The molecule has 106 valence electrons. The molecule has 6 heteroatoms. The molecule has 2 N–H and O–H groups in total. The molecule has 19 heavy (non-hydrogen) atoms. The van der Waals surface area contributed by atoms with E-state index in [1.807, 2.05) is 31.6 Å². The van der Waals surface area contributed by atoms with E-state index in [-0.39, 0.29) is 18.7 Å². The number of rotatable bonds is 3. The number of alkyl carbamates (subject to hydrolysis) is 1. The largest absolute Gasteiger partial charge is 0.444 e. The number of nitrogens with one attached hydrogen (secondary N) is 1. The molecule has 1 saturated carbocycles. The van der Waals surface area contributed by atoms with Crippen LogP contribution in [0.4, 0.5) is 4.79 Å². The molecule has 1 fully saturated rings. The van der Waals surface area contributed by atoms with E-state index in [0.29, 0.717) is 6.04 Å². The maximum absolute atomic E-state index is 11.6. The van der Waals surface area contributed by atoms with Crippen molar-refractivity contribution in [1.82, 2.24) is 15.1 Å². The van der Waals surface area contributed by atoms with Crippen molar-refractivity contribution in [3.05, 3.63) is 18.0 Å². The van der Waals surface area contributed by atoms with Crippen LogP contribution >= 0.6 is 0 Å². The molecule has 0 bridgehead atoms. The molecule has 0 aromatic carbocycles. The minimum Gasteiger partial charge on any atom is -0.444 e. The van der Waals surface area contributed by atoms with Crippen LogP contribution in [0.25, 0.3) is 0 Å². The lowest BCUT2D eigenvalue weighted by Crippen LogP contribution is -2.46. The average molecular weight is 267 g/mol. The molecular formula is C13H21N3O3. The highest BCUT2D eigenvalue weighted by Crippen LogP contribution is 2.32. The van der Waals surface area contributed by atoms with Crippen molar-refractivity contribution in [1.29, 1.82) is 0 Å². The van der Waals surface area contributed by atoms with Crippen LogP contribution in [0.5, 0.6) is 0 Å². The van der Waals surface area contributed by atoms with Gasteiger partial charge in [-0.05, 0) is 33.6 Å². The maximum atomic E-state index is 11.6. The lowest BCUT2D eigenvalue weighted by atomic mass is 9.87. The van der Waals surface area contributed by atoms with E-state index in [2.05, 4.69) is 10.4 Å². The Morgan fingerprint density at radius 3 is 2.79 bits per heavy atom. The van der Waals surface area contributed by atoms with Crippen LogP contribution in [0.2, 0.25) is 0 Å². The summed E-state index contributed by atoms with van der Waals surface area (Å²) in [5.41, 5.74) is 0.342. The molecule has 1 aliphatic rings. The number of ether oxygens (including phenoxy) is 1. The average Bonchev–Trinajstić information content (AvgIpc) is 2.68. The fourth-order valence-electron chi connectivity index (χ4n) is 2.05. The lowest BCUT2D eigenvalue weighted by molar-refractivity contribution is 0.0452. The van der Waals surface area contributed by atoms with Crippen LogP contribution in [0, 0.1) is 0 Å². The molecule has 0 radical (unpaired) electrons. The Bertz CT molecular complexity index is 444. The third kappa shape index (κ3) is 3.70. The molecule has 0 unspecified atom stereocenters. The van der Waals surface area contributed by atoms with E-state index in [0.717, 1.165) is 18.4 Å². The Balaban J connectivity index is 1.76. The van der Waals surface area contributed by atoms with E-state index in [1.165, 1.54) is 0 Å². The van der Waals surface area contributed by atoms with E-state index in [1.54, 1.807) is 6.20 Å². The summed E-state index contributed by atoms with van der Waals surface area (Å²) in [4.78, 5) is 11.6. The third-order valence-corrected chi connectivity index (χ3v) is 3.05. The van der Waals surface area contributed by atoms with Crippen molar-refractivity contribution in [2.75, 3.05) is 0 Å². The summed E-state index contributed by atoms with van der Waals surface area (Å²) in [7, 11) is 0. The molecule has 1 amide bonds. The number of carbonyl (C=O) groups excluding carboxylic acids is 1. The summed E-state index contributed by atoms with van der Waals surface area (Å²) in [6, 6.07) is 0.432. The predicted molar refractivity (Wildman–Crippen MR) is 69.6 cm³/mol. The number of aliphatic hydroxyl groups is 1. The summed E-state index contributed by atoms with van der Waals surface area (Å²) >= 11 is 0. The lowest BCUT2D eigenvalue weighted by Gasteiger charge is -2.36. The first-order chi connectivity index (χ1) is 8.87. The van der Waals surface area contributed by atoms with Crippen LogP contribution in [0.1, 0.15) is 45.2 Å². The number of hydrogen-bond donors (Lipinski definition) is 2. The van der Waals surface area contributed by atoms with Gasteiger partial charge >= 0.3 is 6.09 Å². The Labute approximate surface area is 112 Å². The molecule has 1 aliphatic carbocycles. The molecule has 0 aliphatic heterocycles. The summed E-state index contributed by atoms with van der Waals surface area (Å²) < 4.78 is 7.05. The van der Waals surface area contributed by atoms with Gasteiger partial charge in [0.15, 0.2) is 0 Å². The molecule has 6 nitrogen and oxygen atoms in total. The quantitative estimate of drug-likeness (QED) is 0.872. The number of aliphatic hydroxyl groups excluding tert-OH is 1. The molecule has 1 heterocycles. The smallest absolute Gasteiger partial charge is 0.407 e. The monoisotopic (exact) mass is 267 g/mol. The van der Waals surface area contributed by atoms with Gasteiger partial charge in [-0.1, -0.05) is 0 Å². The van der Waals surface area contributed by atoms with Gasteiger partial charge < -0.3 is 15.2 Å². The summed E-state index contributed by atoms with van der Waals surface area (Å²) in [6.45, 7) is 5.54. The second kappa shape index (κ2) is 5.21. The molecule has 0 spiro atoms. The molecule has 2 rings (SSSR count). The van der Waals surface area contributed by atoms with E-state index in [9.17, 15) is 4.79 Å². The zero-order valence-electron chi connectivity index (χ0n) is 11.6. The van der Waals surface area contributed by atoms with Crippen molar-refractivity contribution in [2.45, 2.75) is 57.9 Å². The second-order valence-corrected chi connectivity index (χ2v) is 5.96. The van der Waals surface area contributed by atoms with E-state index >= 15 is 0 Å². The van der Waals surface area contributed by atoms with Crippen molar-refractivity contribution in [3.63, 3.8) is 0 Å². The number of amides is 1. The molecule has 1 aromatic rings. The van der Waals surface area contributed by atoms with Crippen LogP contribution in [-0.2, 0) is 11.3 Å². The van der Waals surface area contributed by atoms with E-state index in [4.69, 9.17) is 9.84 Å². The van der Waals surface area contributed by atoms with Crippen molar-refractivity contribution in [2.24, 2.45) is 0 Å². The number of nitrogens with zero attached hydrogens (tertiary/aromatic N) is 2. The maximum Gasteiger partial charge on any atom is 0.407 e. The molecule has 1 aromatic heterocycles. The molecule has 0 atom stereocenters. The minimum absolute atomic E-state index is 0.00626.